The van der Waals surface area contributed by atoms with E-state index < -0.39 is 0 Å². The largest absolute Gasteiger partial charge is 0.370 e. The van der Waals surface area contributed by atoms with Crippen LogP contribution in [0.15, 0.2) is 30.5 Å². The van der Waals surface area contributed by atoms with E-state index in [1.807, 2.05) is 19.2 Å². The molecule has 0 amide bonds. The summed E-state index contributed by atoms with van der Waals surface area (Å²) in [5.74, 6) is 0.789. The van der Waals surface area contributed by atoms with Crippen LogP contribution in [-0.2, 0) is 0 Å². The van der Waals surface area contributed by atoms with Crippen molar-refractivity contribution >= 4 is 5.69 Å². The predicted molar refractivity (Wildman–Crippen MR) is 82.9 cm³/mol. The highest BCUT2D eigenvalue weighted by Gasteiger charge is 2.20. The van der Waals surface area contributed by atoms with Crippen LogP contribution in [-0.4, -0.2) is 23.1 Å². The van der Waals surface area contributed by atoms with Gasteiger partial charge in [0.05, 0.1) is 17.1 Å². The number of rotatable bonds is 2. The highest BCUT2D eigenvalue weighted by atomic mass is 15.2. The Balaban J connectivity index is 1.91. The quantitative estimate of drug-likeness (QED) is 0.832. The van der Waals surface area contributed by atoms with Gasteiger partial charge >= 0.3 is 0 Å². The molecule has 0 N–H and O–H groups in total. The van der Waals surface area contributed by atoms with Gasteiger partial charge in [0.1, 0.15) is 0 Å². The lowest BCUT2D eigenvalue weighted by Crippen LogP contribution is -2.20. The maximum absolute atomic E-state index is 4.78. The number of nitrogens with zero attached hydrogens (tertiary/aromatic N) is 3. The second-order valence-electron chi connectivity index (χ2n) is 5.83. The van der Waals surface area contributed by atoms with Gasteiger partial charge in [0.15, 0.2) is 0 Å². The molecule has 2 aromatic rings. The predicted octanol–water partition coefficient (Wildman–Crippen LogP) is 3.61. The molecular weight excluding hydrogens is 246 g/mol. The lowest BCUT2D eigenvalue weighted by atomic mass is 10.1. The summed E-state index contributed by atoms with van der Waals surface area (Å²) in [5, 5.41) is 0. The second-order valence-corrected chi connectivity index (χ2v) is 5.83. The van der Waals surface area contributed by atoms with Gasteiger partial charge in [-0.05, 0) is 50.5 Å². The Labute approximate surface area is 120 Å². The molecule has 0 bridgehead atoms. The minimum Gasteiger partial charge on any atom is -0.370 e. The van der Waals surface area contributed by atoms with Gasteiger partial charge in [-0.15, -0.1) is 0 Å². The minimum atomic E-state index is 0.789. The fraction of sp³-hybridized carbons (Fsp3) is 0.412. The topological polar surface area (TPSA) is 29.0 Å². The van der Waals surface area contributed by atoms with Crippen molar-refractivity contribution in [3.8, 4) is 11.3 Å². The molecule has 1 aliphatic heterocycles. The molecule has 1 aliphatic rings. The number of anilines is 1. The van der Waals surface area contributed by atoms with E-state index in [1.165, 1.54) is 12.1 Å². The van der Waals surface area contributed by atoms with Crippen molar-refractivity contribution in [2.24, 2.45) is 5.92 Å². The maximum Gasteiger partial charge on any atom is 0.0708 e. The van der Waals surface area contributed by atoms with Gasteiger partial charge in [0.2, 0.25) is 0 Å². The average molecular weight is 267 g/mol. The fourth-order valence-corrected chi connectivity index (χ4v) is 2.91. The first-order chi connectivity index (χ1) is 9.63. The standard InChI is InChI=1S/C17H21N3/c1-12-7-9-20(11-12)17-5-4-16(19-14(17)3)15-6-8-18-13(2)10-15/h4-6,8,10,12H,7,9,11H2,1-3H3/t12-/m0/s1. The van der Waals surface area contributed by atoms with Crippen molar-refractivity contribution < 1.29 is 0 Å². The zero-order valence-corrected chi connectivity index (χ0v) is 12.4. The summed E-state index contributed by atoms with van der Waals surface area (Å²) in [6.07, 6.45) is 3.13. The van der Waals surface area contributed by atoms with Crippen LogP contribution in [0.4, 0.5) is 5.69 Å². The third-order valence-corrected chi connectivity index (χ3v) is 4.01. The van der Waals surface area contributed by atoms with Crippen LogP contribution in [0.5, 0.6) is 0 Å². The van der Waals surface area contributed by atoms with Crippen molar-refractivity contribution in [2.45, 2.75) is 27.2 Å². The highest BCUT2D eigenvalue weighted by molar-refractivity contribution is 5.63. The molecule has 0 saturated carbocycles. The van der Waals surface area contributed by atoms with Gasteiger partial charge in [0, 0.05) is 30.5 Å². The lowest BCUT2D eigenvalue weighted by molar-refractivity contribution is 0.659. The molecule has 0 aliphatic carbocycles. The molecule has 3 heteroatoms. The molecule has 0 radical (unpaired) electrons. The van der Waals surface area contributed by atoms with Gasteiger partial charge in [0.25, 0.3) is 0 Å². The summed E-state index contributed by atoms with van der Waals surface area (Å²) >= 11 is 0. The Hall–Kier alpha value is -1.90. The van der Waals surface area contributed by atoms with E-state index >= 15 is 0 Å². The molecular formula is C17H21N3. The summed E-state index contributed by atoms with van der Waals surface area (Å²) in [6, 6.07) is 8.44. The molecule has 2 aromatic heterocycles. The van der Waals surface area contributed by atoms with Gasteiger partial charge in [-0.25, -0.2) is 0 Å². The molecule has 0 spiro atoms. The third-order valence-electron chi connectivity index (χ3n) is 4.01. The van der Waals surface area contributed by atoms with Crippen LogP contribution >= 0.6 is 0 Å². The first kappa shape index (κ1) is 13.1. The van der Waals surface area contributed by atoms with Crippen molar-refractivity contribution in [2.75, 3.05) is 18.0 Å². The smallest absolute Gasteiger partial charge is 0.0708 e. The van der Waals surface area contributed by atoms with E-state index in [2.05, 4.69) is 41.9 Å². The van der Waals surface area contributed by atoms with E-state index in [9.17, 15) is 0 Å². The summed E-state index contributed by atoms with van der Waals surface area (Å²) < 4.78 is 0. The van der Waals surface area contributed by atoms with Gasteiger partial charge in [-0.1, -0.05) is 6.92 Å². The number of hydrogen-bond acceptors (Lipinski definition) is 3. The highest BCUT2D eigenvalue weighted by Crippen LogP contribution is 2.28. The maximum atomic E-state index is 4.78. The van der Waals surface area contributed by atoms with Crippen molar-refractivity contribution in [1.82, 2.24) is 9.97 Å². The van der Waals surface area contributed by atoms with Gasteiger partial charge in [-0.2, -0.15) is 0 Å². The zero-order valence-electron chi connectivity index (χ0n) is 12.4. The molecule has 0 aromatic carbocycles. The Bertz CT molecular complexity index is 621. The summed E-state index contributed by atoms with van der Waals surface area (Å²) in [4.78, 5) is 11.5. The van der Waals surface area contributed by atoms with E-state index in [0.29, 0.717) is 0 Å². The van der Waals surface area contributed by atoms with Crippen molar-refractivity contribution in [3.05, 3.63) is 41.9 Å². The normalized spacial score (nSPS) is 18.6. The molecule has 1 saturated heterocycles. The van der Waals surface area contributed by atoms with Gasteiger partial charge in [-0.3, -0.25) is 9.97 Å². The van der Waals surface area contributed by atoms with Crippen LogP contribution in [0.2, 0.25) is 0 Å². The average Bonchev–Trinajstić information content (AvgIpc) is 2.85. The molecule has 3 rings (SSSR count). The number of aromatic nitrogens is 2. The van der Waals surface area contributed by atoms with E-state index in [4.69, 9.17) is 4.98 Å². The molecule has 3 heterocycles. The van der Waals surface area contributed by atoms with Crippen LogP contribution in [0.1, 0.15) is 24.7 Å². The zero-order chi connectivity index (χ0) is 14.1. The summed E-state index contributed by atoms with van der Waals surface area (Å²) in [6.45, 7) is 8.73. The molecule has 1 fully saturated rings. The third kappa shape index (κ3) is 2.53. The number of hydrogen-bond donors (Lipinski definition) is 0. The summed E-state index contributed by atoms with van der Waals surface area (Å²) in [7, 11) is 0. The summed E-state index contributed by atoms with van der Waals surface area (Å²) in [5.41, 5.74) is 5.60. The van der Waals surface area contributed by atoms with Crippen LogP contribution in [0, 0.1) is 19.8 Å². The van der Waals surface area contributed by atoms with Crippen LogP contribution in [0.3, 0.4) is 0 Å². The Morgan fingerprint density at radius 2 is 2.05 bits per heavy atom. The molecule has 104 valence electrons. The van der Waals surface area contributed by atoms with Crippen LogP contribution in [0.25, 0.3) is 11.3 Å². The second kappa shape index (κ2) is 5.23. The Morgan fingerprint density at radius 3 is 2.70 bits per heavy atom. The molecule has 3 nitrogen and oxygen atoms in total. The first-order valence-electron chi connectivity index (χ1n) is 7.29. The van der Waals surface area contributed by atoms with Crippen molar-refractivity contribution in [1.29, 1.82) is 0 Å². The lowest BCUT2D eigenvalue weighted by Gasteiger charge is -2.20. The van der Waals surface area contributed by atoms with Crippen LogP contribution < -0.4 is 4.90 Å². The van der Waals surface area contributed by atoms with E-state index in [1.54, 1.807) is 0 Å². The Morgan fingerprint density at radius 1 is 1.20 bits per heavy atom. The SMILES string of the molecule is Cc1cc(-c2ccc(N3CC[C@H](C)C3)c(C)n2)ccn1. The fourth-order valence-electron chi connectivity index (χ4n) is 2.91. The van der Waals surface area contributed by atoms with Gasteiger partial charge < -0.3 is 4.90 Å². The minimum absolute atomic E-state index is 0.789. The molecule has 20 heavy (non-hydrogen) atoms. The monoisotopic (exact) mass is 267 g/mol. The van der Waals surface area contributed by atoms with Crippen molar-refractivity contribution in [3.63, 3.8) is 0 Å². The first-order valence-corrected chi connectivity index (χ1v) is 7.29. The van der Waals surface area contributed by atoms with E-state index in [0.717, 1.165) is 41.7 Å². The number of pyridine rings is 2. The molecule has 0 unspecified atom stereocenters. The Kier molecular flexibility index (Phi) is 3.43. The number of aryl methyl sites for hydroxylation is 2. The van der Waals surface area contributed by atoms with E-state index in [-0.39, 0.29) is 0 Å². The molecule has 1 atom stereocenters.